The molecule has 0 saturated heterocycles. The van der Waals surface area contributed by atoms with Crippen molar-refractivity contribution >= 4 is 35.0 Å². The van der Waals surface area contributed by atoms with Crippen molar-refractivity contribution in [2.75, 3.05) is 6.26 Å². The van der Waals surface area contributed by atoms with Gasteiger partial charge in [-0.2, -0.15) is 0 Å². The van der Waals surface area contributed by atoms with Crippen molar-refractivity contribution in [3.63, 3.8) is 0 Å². The van der Waals surface area contributed by atoms with Gasteiger partial charge in [-0.15, -0.1) is 11.8 Å². The largest absolute Gasteiger partial charge is 0.384 e. The van der Waals surface area contributed by atoms with Crippen molar-refractivity contribution in [1.29, 1.82) is 0 Å². The van der Waals surface area contributed by atoms with E-state index in [2.05, 4.69) is 0 Å². The summed E-state index contributed by atoms with van der Waals surface area (Å²) in [5, 5.41) is 11.3. The highest BCUT2D eigenvalue weighted by atomic mass is 35.5. The Bertz CT molecular complexity index is 557. The molecule has 0 spiro atoms. The molecule has 0 radical (unpaired) electrons. The Morgan fingerprint density at radius 3 is 2.39 bits per heavy atom. The molecule has 0 aliphatic rings. The van der Waals surface area contributed by atoms with Crippen molar-refractivity contribution in [2.45, 2.75) is 11.0 Å². The average Bonchev–Trinajstić information content (AvgIpc) is 2.41. The Morgan fingerprint density at radius 1 is 1.00 bits per heavy atom. The van der Waals surface area contributed by atoms with E-state index in [1.165, 1.54) is 0 Å². The predicted molar refractivity (Wildman–Crippen MR) is 78.7 cm³/mol. The van der Waals surface area contributed by atoms with E-state index in [1.807, 2.05) is 30.5 Å². The van der Waals surface area contributed by atoms with Crippen LogP contribution < -0.4 is 0 Å². The fraction of sp³-hybridized carbons (Fsp3) is 0.143. The summed E-state index contributed by atoms with van der Waals surface area (Å²) in [4.78, 5) is 1.03. The van der Waals surface area contributed by atoms with Crippen LogP contribution >= 0.6 is 35.0 Å². The standard InChI is InChI=1S/C14H12Cl2OS/c1-18-12-8-3-2-5-9(12)14(17)10-6-4-7-11(15)13(10)16/h2-8,14,17H,1H3. The van der Waals surface area contributed by atoms with E-state index in [4.69, 9.17) is 23.2 Å². The number of halogens is 2. The van der Waals surface area contributed by atoms with Gasteiger partial charge in [0.1, 0.15) is 6.10 Å². The van der Waals surface area contributed by atoms with Crippen LogP contribution in [-0.4, -0.2) is 11.4 Å². The van der Waals surface area contributed by atoms with Crippen molar-refractivity contribution in [3.8, 4) is 0 Å². The van der Waals surface area contributed by atoms with Gasteiger partial charge in [0.25, 0.3) is 0 Å². The molecule has 2 rings (SSSR count). The van der Waals surface area contributed by atoms with Crippen molar-refractivity contribution < 1.29 is 5.11 Å². The van der Waals surface area contributed by atoms with Gasteiger partial charge in [0.2, 0.25) is 0 Å². The summed E-state index contributed by atoms with van der Waals surface area (Å²) in [7, 11) is 0. The van der Waals surface area contributed by atoms with Crippen LogP contribution in [0.25, 0.3) is 0 Å². The highest BCUT2D eigenvalue weighted by Crippen LogP contribution is 2.36. The lowest BCUT2D eigenvalue weighted by Gasteiger charge is -2.16. The molecule has 0 fully saturated rings. The monoisotopic (exact) mass is 298 g/mol. The third-order valence-corrected chi connectivity index (χ3v) is 4.35. The van der Waals surface area contributed by atoms with Crippen LogP contribution in [0.3, 0.4) is 0 Å². The Labute approximate surface area is 121 Å². The molecule has 1 atom stereocenters. The van der Waals surface area contributed by atoms with E-state index in [-0.39, 0.29) is 0 Å². The highest BCUT2D eigenvalue weighted by Gasteiger charge is 2.17. The Morgan fingerprint density at radius 2 is 1.67 bits per heavy atom. The number of aliphatic hydroxyl groups is 1. The number of thioether (sulfide) groups is 1. The summed E-state index contributed by atoms with van der Waals surface area (Å²) in [5.41, 5.74) is 1.47. The van der Waals surface area contributed by atoms with Gasteiger partial charge >= 0.3 is 0 Å². The van der Waals surface area contributed by atoms with Crippen molar-refractivity contribution in [1.82, 2.24) is 0 Å². The number of hydrogen-bond acceptors (Lipinski definition) is 2. The summed E-state index contributed by atoms with van der Waals surface area (Å²) < 4.78 is 0. The molecule has 0 heterocycles. The maximum absolute atomic E-state index is 10.5. The van der Waals surface area contributed by atoms with Crippen LogP contribution in [0.4, 0.5) is 0 Å². The molecule has 1 unspecified atom stereocenters. The van der Waals surface area contributed by atoms with Crippen LogP contribution in [0.5, 0.6) is 0 Å². The van der Waals surface area contributed by atoms with Gasteiger partial charge in [-0.3, -0.25) is 0 Å². The molecule has 0 aromatic heterocycles. The molecule has 1 N–H and O–H groups in total. The van der Waals surface area contributed by atoms with Gasteiger partial charge in [0.05, 0.1) is 10.0 Å². The zero-order valence-corrected chi connectivity index (χ0v) is 12.1. The average molecular weight is 299 g/mol. The highest BCUT2D eigenvalue weighted by molar-refractivity contribution is 7.98. The topological polar surface area (TPSA) is 20.2 Å². The fourth-order valence-corrected chi connectivity index (χ4v) is 2.83. The Hall–Kier alpha value is -0.670. The molecule has 2 aromatic rings. The Balaban J connectivity index is 2.48. The number of hydrogen-bond donors (Lipinski definition) is 1. The fourth-order valence-electron chi connectivity index (χ4n) is 1.79. The lowest BCUT2D eigenvalue weighted by Crippen LogP contribution is -2.02. The quantitative estimate of drug-likeness (QED) is 0.822. The minimum Gasteiger partial charge on any atom is -0.384 e. The van der Waals surface area contributed by atoms with Gasteiger partial charge in [0.15, 0.2) is 0 Å². The first kappa shape index (κ1) is 13.8. The normalized spacial score (nSPS) is 12.4. The third kappa shape index (κ3) is 2.67. The molecule has 1 nitrogen and oxygen atoms in total. The molecule has 18 heavy (non-hydrogen) atoms. The zero-order valence-electron chi connectivity index (χ0n) is 9.73. The van der Waals surface area contributed by atoms with E-state index < -0.39 is 6.10 Å². The van der Waals surface area contributed by atoms with Crippen LogP contribution in [-0.2, 0) is 0 Å². The first-order valence-electron chi connectivity index (χ1n) is 5.40. The van der Waals surface area contributed by atoms with Gasteiger partial charge in [-0.05, 0) is 24.0 Å². The summed E-state index contributed by atoms with van der Waals surface area (Å²) in [6, 6.07) is 13.0. The van der Waals surface area contributed by atoms with E-state index in [0.717, 1.165) is 10.5 Å². The lowest BCUT2D eigenvalue weighted by atomic mass is 10.0. The summed E-state index contributed by atoms with van der Waals surface area (Å²) >= 11 is 13.7. The Kier molecular flexibility index (Phi) is 4.57. The van der Waals surface area contributed by atoms with Crippen molar-refractivity contribution in [2.24, 2.45) is 0 Å². The molecule has 4 heteroatoms. The second kappa shape index (κ2) is 5.98. The zero-order chi connectivity index (χ0) is 13.1. The van der Waals surface area contributed by atoms with E-state index in [9.17, 15) is 5.11 Å². The molecule has 0 amide bonds. The SMILES string of the molecule is CSc1ccccc1C(O)c1cccc(Cl)c1Cl. The summed E-state index contributed by atoms with van der Waals surface area (Å²) in [6.45, 7) is 0. The maximum Gasteiger partial charge on any atom is 0.107 e. The lowest BCUT2D eigenvalue weighted by molar-refractivity contribution is 0.217. The van der Waals surface area contributed by atoms with E-state index in [1.54, 1.807) is 30.0 Å². The maximum atomic E-state index is 10.5. The van der Waals surface area contributed by atoms with Gasteiger partial charge in [-0.1, -0.05) is 53.5 Å². The smallest absolute Gasteiger partial charge is 0.107 e. The van der Waals surface area contributed by atoms with Crippen LogP contribution in [0.1, 0.15) is 17.2 Å². The second-order valence-electron chi connectivity index (χ2n) is 3.79. The number of benzene rings is 2. The predicted octanol–water partition coefficient (Wildman–Crippen LogP) is 4.80. The molecular formula is C14H12Cl2OS. The van der Waals surface area contributed by atoms with Crippen LogP contribution in [0, 0.1) is 0 Å². The first-order valence-corrected chi connectivity index (χ1v) is 7.38. The van der Waals surface area contributed by atoms with E-state index in [0.29, 0.717) is 15.6 Å². The minimum atomic E-state index is -0.764. The molecule has 2 aromatic carbocycles. The molecule has 0 saturated carbocycles. The second-order valence-corrected chi connectivity index (χ2v) is 5.42. The molecule has 0 aliphatic heterocycles. The van der Waals surface area contributed by atoms with Crippen molar-refractivity contribution in [3.05, 3.63) is 63.6 Å². The number of aliphatic hydroxyl groups excluding tert-OH is 1. The molecule has 0 bridgehead atoms. The van der Waals surface area contributed by atoms with Gasteiger partial charge in [0, 0.05) is 10.5 Å². The minimum absolute atomic E-state index is 0.405. The molecular weight excluding hydrogens is 287 g/mol. The van der Waals surface area contributed by atoms with Gasteiger partial charge < -0.3 is 5.11 Å². The summed E-state index contributed by atoms with van der Waals surface area (Å²) in [5.74, 6) is 0. The van der Waals surface area contributed by atoms with Crippen LogP contribution in [0.15, 0.2) is 47.4 Å². The third-order valence-electron chi connectivity index (χ3n) is 2.71. The number of rotatable bonds is 3. The van der Waals surface area contributed by atoms with E-state index >= 15 is 0 Å². The van der Waals surface area contributed by atoms with Gasteiger partial charge in [-0.25, -0.2) is 0 Å². The molecule has 94 valence electrons. The van der Waals surface area contributed by atoms with Crippen LogP contribution in [0.2, 0.25) is 10.0 Å². The summed E-state index contributed by atoms with van der Waals surface area (Å²) in [6.07, 6.45) is 1.21. The molecule has 0 aliphatic carbocycles. The first-order chi connectivity index (χ1) is 8.65.